The number of anilines is 2. The molecule has 0 unspecified atom stereocenters. The number of aromatic nitrogens is 3. The number of rotatable bonds is 2. The van der Waals surface area contributed by atoms with Crippen molar-refractivity contribution in [3.8, 4) is 0 Å². The normalized spacial score (nSPS) is 10.6. The van der Waals surface area contributed by atoms with Gasteiger partial charge < -0.3 is 5.32 Å². The van der Waals surface area contributed by atoms with Crippen LogP contribution < -0.4 is 5.32 Å². The number of hydrogen-bond donors (Lipinski definition) is 1. The zero-order valence-corrected chi connectivity index (χ0v) is 11.0. The van der Waals surface area contributed by atoms with Gasteiger partial charge in [0, 0.05) is 34.4 Å². The number of benzene rings is 1. The molecule has 0 aliphatic carbocycles. The van der Waals surface area contributed by atoms with Gasteiger partial charge in [0.05, 0.1) is 0 Å². The van der Waals surface area contributed by atoms with Gasteiger partial charge in [-0.15, -0.1) is 0 Å². The largest absolute Gasteiger partial charge is 0.339 e. The fourth-order valence-corrected chi connectivity index (χ4v) is 2.05. The molecule has 0 aliphatic rings. The predicted octanol–water partition coefficient (Wildman–Crippen LogP) is 3.73. The molecule has 0 radical (unpaired) electrons. The lowest BCUT2D eigenvalue weighted by atomic mass is 10.1. The molecule has 4 nitrogen and oxygen atoms in total. The Kier molecular flexibility index (Phi) is 3.01. The predicted molar refractivity (Wildman–Crippen MR) is 76.8 cm³/mol. The molecule has 0 amide bonds. The lowest BCUT2D eigenvalue weighted by Gasteiger charge is -2.11. The molecule has 0 atom stereocenters. The number of nitrogens with zero attached hydrogens (tertiary/aromatic N) is 3. The molecule has 0 bridgehead atoms. The lowest BCUT2D eigenvalue weighted by molar-refractivity contribution is 1.13. The summed E-state index contributed by atoms with van der Waals surface area (Å²) in [4.78, 5) is 12.3. The summed E-state index contributed by atoms with van der Waals surface area (Å²) in [7, 11) is 0. The van der Waals surface area contributed by atoms with E-state index in [4.69, 9.17) is 11.6 Å². The quantitative estimate of drug-likeness (QED) is 0.721. The van der Waals surface area contributed by atoms with Crippen LogP contribution in [0.4, 0.5) is 11.5 Å². The van der Waals surface area contributed by atoms with Crippen LogP contribution in [-0.4, -0.2) is 15.0 Å². The number of halogens is 1. The second-order valence-corrected chi connectivity index (χ2v) is 4.52. The van der Waals surface area contributed by atoms with Crippen molar-refractivity contribution in [3.05, 3.63) is 53.7 Å². The average molecular weight is 271 g/mol. The molecule has 0 spiro atoms. The monoisotopic (exact) mass is 270 g/mol. The maximum atomic E-state index is 6.00. The number of hydrogen-bond acceptors (Lipinski definition) is 4. The molecule has 0 fully saturated rings. The summed E-state index contributed by atoms with van der Waals surface area (Å²) >= 11 is 6.00. The summed E-state index contributed by atoms with van der Waals surface area (Å²) in [5.41, 5.74) is 1.80. The van der Waals surface area contributed by atoms with Crippen LogP contribution in [0.5, 0.6) is 0 Å². The van der Waals surface area contributed by atoms with E-state index in [1.54, 1.807) is 6.20 Å². The summed E-state index contributed by atoms with van der Waals surface area (Å²) in [5, 5.41) is 5.91. The molecule has 1 N–H and O–H groups in total. The van der Waals surface area contributed by atoms with Gasteiger partial charge in [0.15, 0.2) is 0 Å². The highest BCUT2D eigenvalue weighted by atomic mass is 35.5. The fourth-order valence-electron chi connectivity index (χ4n) is 1.91. The Labute approximate surface area is 115 Å². The van der Waals surface area contributed by atoms with Crippen LogP contribution in [0.2, 0.25) is 5.15 Å². The molecule has 5 heteroatoms. The molecular formula is C14H11ClN4. The van der Waals surface area contributed by atoms with Crippen LogP contribution in [-0.2, 0) is 0 Å². The molecule has 0 saturated carbocycles. The summed E-state index contributed by atoms with van der Waals surface area (Å²) < 4.78 is 0. The Morgan fingerprint density at radius 1 is 1.16 bits per heavy atom. The molecule has 0 aliphatic heterocycles. The highest BCUT2D eigenvalue weighted by Crippen LogP contribution is 2.27. The Hall–Kier alpha value is -2.20. The average Bonchev–Trinajstić information content (AvgIpc) is 2.44. The topological polar surface area (TPSA) is 50.7 Å². The van der Waals surface area contributed by atoms with E-state index in [1.165, 1.54) is 6.33 Å². The third-order valence-corrected chi connectivity index (χ3v) is 3.34. The molecule has 3 rings (SSSR count). The summed E-state index contributed by atoms with van der Waals surface area (Å²) in [6, 6.07) is 7.96. The van der Waals surface area contributed by atoms with Crippen molar-refractivity contribution in [2.24, 2.45) is 0 Å². The van der Waals surface area contributed by atoms with E-state index < -0.39 is 0 Å². The smallest absolute Gasteiger partial charge is 0.138 e. The van der Waals surface area contributed by atoms with Gasteiger partial charge in [0.25, 0.3) is 0 Å². The van der Waals surface area contributed by atoms with Crippen molar-refractivity contribution in [2.45, 2.75) is 6.92 Å². The zero-order valence-electron chi connectivity index (χ0n) is 10.3. The summed E-state index contributed by atoms with van der Waals surface area (Å²) in [6.07, 6.45) is 5.05. The van der Waals surface area contributed by atoms with Gasteiger partial charge in [-0.25, -0.2) is 9.97 Å². The first-order chi connectivity index (χ1) is 9.25. The zero-order chi connectivity index (χ0) is 13.2. The third-order valence-electron chi connectivity index (χ3n) is 2.96. The molecule has 19 heavy (non-hydrogen) atoms. The Morgan fingerprint density at radius 2 is 2.05 bits per heavy atom. The first kappa shape index (κ1) is 11.9. The van der Waals surface area contributed by atoms with Gasteiger partial charge >= 0.3 is 0 Å². The minimum absolute atomic E-state index is 0.458. The highest BCUT2D eigenvalue weighted by Gasteiger charge is 2.07. The van der Waals surface area contributed by atoms with Crippen LogP contribution in [0.15, 0.2) is 43.0 Å². The summed E-state index contributed by atoms with van der Waals surface area (Å²) in [6.45, 7) is 1.89. The Balaban J connectivity index is 2.09. The first-order valence-electron chi connectivity index (χ1n) is 5.82. The minimum Gasteiger partial charge on any atom is -0.339 e. The molecule has 1 aromatic carbocycles. The van der Waals surface area contributed by atoms with Crippen molar-refractivity contribution in [2.75, 3.05) is 5.32 Å². The fraction of sp³-hybridized carbons (Fsp3) is 0.0714. The van der Waals surface area contributed by atoms with E-state index in [0.29, 0.717) is 11.0 Å². The standard InChI is InChI=1S/C14H11ClN4/c1-9-13(15)17-8-18-14(9)19-12-4-2-3-10-7-16-6-5-11(10)12/h2-8H,1H3,(H,17,18,19). The lowest BCUT2D eigenvalue weighted by Crippen LogP contribution is -1.98. The SMILES string of the molecule is Cc1c(Cl)ncnc1Nc1cccc2cnccc12. The van der Waals surface area contributed by atoms with E-state index >= 15 is 0 Å². The maximum Gasteiger partial charge on any atom is 0.138 e. The van der Waals surface area contributed by atoms with Crippen LogP contribution in [0.25, 0.3) is 10.8 Å². The molecule has 0 saturated heterocycles. The van der Waals surface area contributed by atoms with Crippen molar-refractivity contribution >= 4 is 33.9 Å². The second kappa shape index (κ2) is 4.82. The van der Waals surface area contributed by atoms with Crippen molar-refractivity contribution in [1.29, 1.82) is 0 Å². The van der Waals surface area contributed by atoms with Gasteiger partial charge in [0.2, 0.25) is 0 Å². The van der Waals surface area contributed by atoms with Gasteiger partial charge in [-0.05, 0) is 19.1 Å². The van der Waals surface area contributed by atoms with Gasteiger partial charge in [-0.2, -0.15) is 0 Å². The number of pyridine rings is 1. The molecular weight excluding hydrogens is 260 g/mol. The van der Waals surface area contributed by atoms with Gasteiger partial charge in [0.1, 0.15) is 17.3 Å². The first-order valence-corrected chi connectivity index (χ1v) is 6.20. The second-order valence-electron chi connectivity index (χ2n) is 4.17. The van der Waals surface area contributed by atoms with Crippen LogP contribution in [0.1, 0.15) is 5.56 Å². The summed E-state index contributed by atoms with van der Waals surface area (Å²) in [5.74, 6) is 0.712. The van der Waals surface area contributed by atoms with E-state index in [9.17, 15) is 0 Å². The molecule has 2 heterocycles. The molecule has 2 aromatic heterocycles. The van der Waals surface area contributed by atoms with E-state index in [1.807, 2.05) is 37.4 Å². The highest BCUT2D eigenvalue weighted by molar-refractivity contribution is 6.30. The van der Waals surface area contributed by atoms with Crippen LogP contribution in [0.3, 0.4) is 0 Å². The van der Waals surface area contributed by atoms with E-state index in [-0.39, 0.29) is 0 Å². The van der Waals surface area contributed by atoms with Crippen LogP contribution >= 0.6 is 11.6 Å². The Bertz CT molecular complexity index is 737. The Morgan fingerprint density at radius 3 is 2.95 bits per heavy atom. The third kappa shape index (κ3) is 2.22. The maximum absolute atomic E-state index is 6.00. The van der Waals surface area contributed by atoms with Crippen LogP contribution in [0, 0.1) is 6.92 Å². The molecule has 94 valence electrons. The van der Waals surface area contributed by atoms with Crippen molar-refractivity contribution in [1.82, 2.24) is 15.0 Å². The van der Waals surface area contributed by atoms with Crippen molar-refractivity contribution < 1.29 is 0 Å². The van der Waals surface area contributed by atoms with E-state index in [0.717, 1.165) is 22.0 Å². The van der Waals surface area contributed by atoms with E-state index in [2.05, 4.69) is 20.3 Å². The number of fused-ring (bicyclic) bond motifs is 1. The van der Waals surface area contributed by atoms with Gasteiger partial charge in [-0.3, -0.25) is 4.98 Å². The minimum atomic E-state index is 0.458. The van der Waals surface area contributed by atoms with Gasteiger partial charge in [-0.1, -0.05) is 23.7 Å². The van der Waals surface area contributed by atoms with Crippen molar-refractivity contribution in [3.63, 3.8) is 0 Å². The number of nitrogens with one attached hydrogen (secondary N) is 1. The molecule has 3 aromatic rings.